The maximum Gasteiger partial charge on any atom is 0.259 e. The number of morpholine rings is 1. The predicted molar refractivity (Wildman–Crippen MR) is 119 cm³/mol. The van der Waals surface area contributed by atoms with Crippen LogP contribution in [0.2, 0.25) is 0 Å². The molecule has 9 nitrogen and oxygen atoms in total. The minimum absolute atomic E-state index is 0.0256. The van der Waals surface area contributed by atoms with Crippen molar-refractivity contribution in [1.29, 1.82) is 0 Å². The summed E-state index contributed by atoms with van der Waals surface area (Å²) in [4.78, 5) is 25.4. The third kappa shape index (κ3) is 5.16. The Labute approximate surface area is 187 Å². The monoisotopic (exact) mass is 459 g/mol. The van der Waals surface area contributed by atoms with Gasteiger partial charge in [-0.3, -0.25) is 9.59 Å². The van der Waals surface area contributed by atoms with Gasteiger partial charge in [-0.2, -0.15) is 4.31 Å². The lowest BCUT2D eigenvalue weighted by atomic mass is 10.1. The zero-order valence-electron chi connectivity index (χ0n) is 17.7. The summed E-state index contributed by atoms with van der Waals surface area (Å²) in [6, 6.07) is 10.6. The van der Waals surface area contributed by atoms with E-state index in [2.05, 4.69) is 17.2 Å². The lowest BCUT2D eigenvalue weighted by Gasteiger charge is -2.26. The molecule has 2 amide bonds. The van der Waals surface area contributed by atoms with Crippen molar-refractivity contribution in [3.8, 4) is 5.75 Å². The molecule has 2 aromatic rings. The van der Waals surface area contributed by atoms with E-state index in [0.29, 0.717) is 13.2 Å². The topological polar surface area (TPSA) is 114 Å². The molecule has 1 saturated heterocycles. The number of carbonyl (C=O) groups excluding carboxylic acids is 2. The molecule has 0 saturated carbocycles. The maximum absolute atomic E-state index is 13.1. The summed E-state index contributed by atoms with van der Waals surface area (Å²) in [5.74, 6) is -0.779. The molecule has 1 aliphatic heterocycles. The fraction of sp³-hybridized carbons (Fsp3) is 0.273. The average molecular weight is 460 g/mol. The van der Waals surface area contributed by atoms with Crippen molar-refractivity contribution in [2.45, 2.75) is 4.90 Å². The number of carbonyl (C=O) groups is 2. The van der Waals surface area contributed by atoms with E-state index in [1.807, 2.05) is 0 Å². The number of nitrogens with one attached hydrogen (secondary N) is 2. The Morgan fingerprint density at radius 2 is 1.84 bits per heavy atom. The number of amides is 2. The number of para-hydroxylation sites is 1. The molecule has 2 N–H and O–H groups in total. The summed E-state index contributed by atoms with van der Waals surface area (Å²) in [6.45, 7) is 4.94. The highest BCUT2D eigenvalue weighted by atomic mass is 32.2. The van der Waals surface area contributed by atoms with Gasteiger partial charge in [0.25, 0.3) is 11.8 Å². The van der Waals surface area contributed by atoms with E-state index in [0.717, 1.165) is 0 Å². The number of nitrogens with zero attached hydrogens (tertiary/aromatic N) is 1. The standard InChI is InChI=1S/C22H25N3O6S/c1-3-10-23-21(26)17-6-4-5-7-19(17)24-22(27)18-15-16(8-9-20(18)30-2)32(28,29)25-11-13-31-14-12-25/h3-9,15H,1,10-14H2,2H3,(H,23,26)(H,24,27). The van der Waals surface area contributed by atoms with Crippen LogP contribution in [-0.4, -0.2) is 64.5 Å². The number of rotatable bonds is 8. The van der Waals surface area contributed by atoms with Gasteiger partial charge in [0.2, 0.25) is 10.0 Å². The molecule has 1 fully saturated rings. The van der Waals surface area contributed by atoms with Crippen LogP contribution in [0.1, 0.15) is 20.7 Å². The fourth-order valence-corrected chi connectivity index (χ4v) is 4.64. The van der Waals surface area contributed by atoms with E-state index >= 15 is 0 Å². The van der Waals surface area contributed by atoms with Crippen molar-refractivity contribution in [1.82, 2.24) is 9.62 Å². The molecule has 0 aliphatic carbocycles. The van der Waals surface area contributed by atoms with Gasteiger partial charge in [-0.1, -0.05) is 18.2 Å². The van der Waals surface area contributed by atoms with E-state index in [4.69, 9.17) is 9.47 Å². The van der Waals surface area contributed by atoms with Crippen LogP contribution in [0.5, 0.6) is 5.75 Å². The van der Waals surface area contributed by atoms with Gasteiger partial charge in [0.15, 0.2) is 0 Å². The summed E-state index contributed by atoms with van der Waals surface area (Å²) in [6.07, 6.45) is 1.55. The largest absolute Gasteiger partial charge is 0.496 e. The second-order valence-corrected chi connectivity index (χ2v) is 8.81. The smallest absolute Gasteiger partial charge is 0.259 e. The van der Waals surface area contributed by atoms with Gasteiger partial charge in [0.1, 0.15) is 5.75 Å². The molecule has 2 aromatic carbocycles. The van der Waals surface area contributed by atoms with Crippen LogP contribution in [0.3, 0.4) is 0 Å². The number of benzene rings is 2. The molecule has 0 aromatic heterocycles. The first-order valence-electron chi connectivity index (χ1n) is 9.94. The van der Waals surface area contributed by atoms with Crippen LogP contribution in [0.25, 0.3) is 0 Å². The van der Waals surface area contributed by atoms with Gasteiger partial charge in [-0.05, 0) is 30.3 Å². The molecule has 0 spiro atoms. The summed E-state index contributed by atoms with van der Waals surface area (Å²) in [5, 5.41) is 5.34. The highest BCUT2D eigenvalue weighted by molar-refractivity contribution is 7.89. The van der Waals surface area contributed by atoms with Crippen molar-refractivity contribution >= 4 is 27.5 Å². The summed E-state index contributed by atoms with van der Waals surface area (Å²) in [7, 11) is -2.42. The van der Waals surface area contributed by atoms with E-state index in [1.54, 1.807) is 30.3 Å². The third-order valence-corrected chi connectivity index (χ3v) is 6.74. The Hall–Kier alpha value is -3.21. The number of methoxy groups -OCH3 is 1. The molecule has 0 radical (unpaired) electrons. The number of hydrogen-bond acceptors (Lipinski definition) is 6. The first-order valence-corrected chi connectivity index (χ1v) is 11.4. The molecule has 0 bridgehead atoms. The van der Waals surface area contributed by atoms with Crippen LogP contribution in [0, 0.1) is 0 Å². The first kappa shape index (κ1) is 23.5. The molecule has 0 unspecified atom stereocenters. The van der Waals surface area contributed by atoms with Crippen LogP contribution >= 0.6 is 0 Å². The van der Waals surface area contributed by atoms with E-state index in [1.165, 1.54) is 29.6 Å². The highest BCUT2D eigenvalue weighted by Gasteiger charge is 2.28. The van der Waals surface area contributed by atoms with Crippen LogP contribution < -0.4 is 15.4 Å². The average Bonchev–Trinajstić information content (AvgIpc) is 2.82. The Bertz CT molecular complexity index is 1110. The van der Waals surface area contributed by atoms with Crippen molar-refractivity contribution in [3.05, 3.63) is 66.2 Å². The van der Waals surface area contributed by atoms with Crippen LogP contribution in [0.4, 0.5) is 5.69 Å². The van der Waals surface area contributed by atoms with Crippen LogP contribution in [0.15, 0.2) is 60.0 Å². The number of sulfonamides is 1. The number of anilines is 1. The minimum atomic E-state index is -3.80. The van der Waals surface area contributed by atoms with E-state index < -0.39 is 15.9 Å². The lowest BCUT2D eigenvalue weighted by Crippen LogP contribution is -2.40. The molecule has 0 atom stereocenters. The van der Waals surface area contributed by atoms with Gasteiger partial charge < -0.3 is 20.1 Å². The van der Waals surface area contributed by atoms with Crippen molar-refractivity contribution in [2.75, 3.05) is 45.3 Å². The SMILES string of the molecule is C=CCNC(=O)c1ccccc1NC(=O)c1cc(S(=O)(=O)N2CCOCC2)ccc1OC. The van der Waals surface area contributed by atoms with Gasteiger partial charge >= 0.3 is 0 Å². The molecule has 10 heteroatoms. The molecular weight excluding hydrogens is 434 g/mol. The first-order chi connectivity index (χ1) is 15.4. The zero-order chi connectivity index (χ0) is 23.1. The van der Waals surface area contributed by atoms with E-state index in [-0.39, 0.29) is 53.0 Å². The highest BCUT2D eigenvalue weighted by Crippen LogP contribution is 2.26. The molecule has 32 heavy (non-hydrogen) atoms. The number of hydrogen-bond donors (Lipinski definition) is 2. The van der Waals surface area contributed by atoms with Crippen LogP contribution in [-0.2, 0) is 14.8 Å². The quantitative estimate of drug-likeness (QED) is 0.583. The third-order valence-electron chi connectivity index (χ3n) is 4.85. The summed E-state index contributed by atoms with van der Waals surface area (Å²) < 4.78 is 37.8. The Morgan fingerprint density at radius 1 is 1.12 bits per heavy atom. The molecule has 3 rings (SSSR count). The minimum Gasteiger partial charge on any atom is -0.496 e. The molecule has 170 valence electrons. The lowest BCUT2D eigenvalue weighted by molar-refractivity contribution is 0.0730. The second-order valence-electron chi connectivity index (χ2n) is 6.88. The van der Waals surface area contributed by atoms with Gasteiger partial charge in [0.05, 0.1) is 42.0 Å². The van der Waals surface area contributed by atoms with Crippen molar-refractivity contribution < 1.29 is 27.5 Å². The maximum atomic E-state index is 13.1. The Balaban J connectivity index is 1.91. The Kier molecular flexibility index (Phi) is 7.62. The molecular formula is C22H25N3O6S. The second kappa shape index (κ2) is 10.4. The summed E-state index contributed by atoms with van der Waals surface area (Å²) >= 11 is 0. The Morgan fingerprint density at radius 3 is 2.53 bits per heavy atom. The molecule has 1 aliphatic rings. The number of ether oxygens (including phenoxy) is 2. The summed E-state index contributed by atoms with van der Waals surface area (Å²) in [5.41, 5.74) is 0.574. The zero-order valence-corrected chi connectivity index (χ0v) is 18.5. The van der Waals surface area contributed by atoms with Gasteiger partial charge in [0, 0.05) is 19.6 Å². The van der Waals surface area contributed by atoms with E-state index in [9.17, 15) is 18.0 Å². The fourth-order valence-electron chi connectivity index (χ4n) is 3.20. The predicted octanol–water partition coefficient (Wildman–Crippen LogP) is 1.88. The normalized spacial score (nSPS) is 14.4. The molecule has 1 heterocycles. The van der Waals surface area contributed by atoms with Crippen molar-refractivity contribution in [3.63, 3.8) is 0 Å². The van der Waals surface area contributed by atoms with Gasteiger partial charge in [-0.15, -0.1) is 6.58 Å². The van der Waals surface area contributed by atoms with Gasteiger partial charge in [-0.25, -0.2) is 8.42 Å². The van der Waals surface area contributed by atoms with Crippen molar-refractivity contribution in [2.24, 2.45) is 0 Å².